The number of carboxylic acid groups (broad SMARTS) is 1. The molecule has 1 aromatic rings. The number of aromatic carboxylic acids is 1. The van der Waals surface area contributed by atoms with Gasteiger partial charge in [-0.2, -0.15) is 0 Å². The van der Waals surface area contributed by atoms with E-state index in [1.165, 1.54) is 11.0 Å². The van der Waals surface area contributed by atoms with Gasteiger partial charge in [0.15, 0.2) is 0 Å². The highest BCUT2D eigenvalue weighted by Gasteiger charge is 2.32. The van der Waals surface area contributed by atoms with Crippen LogP contribution in [0, 0.1) is 0 Å². The van der Waals surface area contributed by atoms with Crippen molar-refractivity contribution in [2.45, 2.75) is 12.5 Å². The van der Waals surface area contributed by atoms with E-state index in [2.05, 4.69) is 15.9 Å². The first-order chi connectivity index (χ1) is 8.40. The molecular formula is C11H10BrClN2O3. The summed E-state index contributed by atoms with van der Waals surface area (Å²) in [5.41, 5.74) is 6.00. The van der Waals surface area contributed by atoms with Gasteiger partial charge in [-0.25, -0.2) is 4.79 Å². The van der Waals surface area contributed by atoms with Gasteiger partial charge >= 0.3 is 5.97 Å². The van der Waals surface area contributed by atoms with Crippen molar-refractivity contribution in [1.29, 1.82) is 0 Å². The molecule has 2 rings (SSSR count). The fourth-order valence-corrected chi connectivity index (χ4v) is 2.98. The van der Waals surface area contributed by atoms with Crippen molar-refractivity contribution in [3.63, 3.8) is 0 Å². The lowest BCUT2D eigenvalue weighted by Crippen LogP contribution is -2.29. The first-order valence-corrected chi connectivity index (χ1v) is 6.35. The van der Waals surface area contributed by atoms with Crippen LogP contribution in [0.2, 0.25) is 5.02 Å². The van der Waals surface area contributed by atoms with Crippen LogP contribution in [0.15, 0.2) is 16.6 Å². The average Bonchev–Trinajstić information content (AvgIpc) is 2.56. The Bertz CT molecular complexity index is 535. The first-order valence-electron chi connectivity index (χ1n) is 5.18. The number of carbonyl (C=O) groups is 2. The first kappa shape index (κ1) is 13.3. The number of nitrogens with two attached hydrogens (primary N) is 1. The fraction of sp³-hybridized carbons (Fsp3) is 0.273. The highest BCUT2D eigenvalue weighted by Crippen LogP contribution is 2.35. The van der Waals surface area contributed by atoms with Gasteiger partial charge in [0.1, 0.15) is 0 Å². The number of carboxylic acids is 1. The Hall–Kier alpha value is -1.11. The summed E-state index contributed by atoms with van der Waals surface area (Å²) in [6.07, 6.45) is 0.216. The molecule has 0 bridgehead atoms. The zero-order valence-electron chi connectivity index (χ0n) is 9.19. The van der Waals surface area contributed by atoms with Crippen molar-refractivity contribution in [3.05, 3.63) is 27.2 Å². The minimum Gasteiger partial charge on any atom is -0.478 e. The molecule has 96 valence electrons. The molecule has 0 aromatic heterocycles. The number of hydrogen-bond acceptors (Lipinski definition) is 3. The molecule has 3 N–H and O–H groups in total. The second kappa shape index (κ2) is 4.87. The molecule has 1 heterocycles. The van der Waals surface area contributed by atoms with Crippen LogP contribution in [0.3, 0.4) is 0 Å². The number of carbonyl (C=O) groups excluding carboxylic acids is 1. The molecule has 1 aliphatic rings. The van der Waals surface area contributed by atoms with Crippen molar-refractivity contribution in [3.8, 4) is 0 Å². The highest BCUT2D eigenvalue weighted by atomic mass is 79.9. The van der Waals surface area contributed by atoms with Crippen molar-refractivity contribution >= 4 is 45.1 Å². The molecule has 7 heteroatoms. The van der Waals surface area contributed by atoms with E-state index in [0.29, 0.717) is 21.7 Å². The Morgan fingerprint density at radius 3 is 2.72 bits per heavy atom. The lowest BCUT2D eigenvalue weighted by molar-refractivity contribution is -0.117. The van der Waals surface area contributed by atoms with E-state index in [1.807, 2.05) is 0 Å². The fourth-order valence-electron chi connectivity index (χ4n) is 1.95. The summed E-state index contributed by atoms with van der Waals surface area (Å²) in [6.45, 7) is 0.305. The Morgan fingerprint density at radius 1 is 1.56 bits per heavy atom. The lowest BCUT2D eigenvalue weighted by Gasteiger charge is -2.20. The van der Waals surface area contributed by atoms with Gasteiger partial charge in [-0.1, -0.05) is 11.6 Å². The van der Waals surface area contributed by atoms with Gasteiger partial charge in [-0.05, 0) is 28.1 Å². The maximum atomic E-state index is 11.8. The molecule has 1 amide bonds. The minimum absolute atomic E-state index is 0.0168. The van der Waals surface area contributed by atoms with Gasteiger partial charge in [0.25, 0.3) is 0 Å². The van der Waals surface area contributed by atoms with E-state index in [9.17, 15) is 14.7 Å². The molecule has 1 aromatic carbocycles. The third kappa shape index (κ3) is 2.36. The zero-order valence-corrected chi connectivity index (χ0v) is 11.5. The van der Waals surface area contributed by atoms with E-state index in [4.69, 9.17) is 17.3 Å². The summed E-state index contributed by atoms with van der Waals surface area (Å²) >= 11 is 9.06. The second-order valence-electron chi connectivity index (χ2n) is 4.06. The topological polar surface area (TPSA) is 83.6 Å². The summed E-state index contributed by atoms with van der Waals surface area (Å²) in [6, 6.07) is 2.60. The van der Waals surface area contributed by atoms with Gasteiger partial charge < -0.3 is 15.7 Å². The van der Waals surface area contributed by atoms with Crippen LogP contribution < -0.4 is 10.6 Å². The number of benzene rings is 1. The minimum atomic E-state index is -1.14. The third-order valence-corrected chi connectivity index (χ3v) is 3.51. The molecule has 5 nitrogen and oxygen atoms in total. The van der Waals surface area contributed by atoms with E-state index >= 15 is 0 Å². The van der Waals surface area contributed by atoms with Crippen LogP contribution in [-0.4, -0.2) is 29.6 Å². The van der Waals surface area contributed by atoms with E-state index in [0.717, 1.165) is 0 Å². The molecule has 0 aliphatic carbocycles. The van der Waals surface area contributed by atoms with Gasteiger partial charge in [0.05, 0.1) is 11.3 Å². The molecule has 0 radical (unpaired) electrons. The van der Waals surface area contributed by atoms with Crippen LogP contribution in [0.1, 0.15) is 16.8 Å². The number of anilines is 1. The second-order valence-corrected chi connectivity index (χ2v) is 5.35. The van der Waals surface area contributed by atoms with E-state index in [-0.39, 0.29) is 23.9 Å². The van der Waals surface area contributed by atoms with Crippen LogP contribution in [-0.2, 0) is 4.79 Å². The Balaban J connectivity index is 2.56. The maximum absolute atomic E-state index is 11.8. The van der Waals surface area contributed by atoms with E-state index < -0.39 is 5.97 Å². The van der Waals surface area contributed by atoms with Gasteiger partial charge in [-0.15, -0.1) is 0 Å². The molecule has 0 spiro atoms. The monoisotopic (exact) mass is 332 g/mol. The smallest absolute Gasteiger partial charge is 0.337 e. The molecule has 1 fully saturated rings. The maximum Gasteiger partial charge on any atom is 0.337 e. The summed E-state index contributed by atoms with van der Waals surface area (Å²) in [7, 11) is 0. The molecule has 18 heavy (non-hydrogen) atoms. The van der Waals surface area contributed by atoms with Crippen LogP contribution in [0.4, 0.5) is 5.69 Å². The summed E-state index contributed by atoms with van der Waals surface area (Å²) in [5.74, 6) is -1.32. The Morgan fingerprint density at radius 2 is 2.22 bits per heavy atom. The van der Waals surface area contributed by atoms with Crippen LogP contribution >= 0.6 is 27.5 Å². The number of halogens is 2. The van der Waals surface area contributed by atoms with Gasteiger partial charge in [0.2, 0.25) is 5.91 Å². The van der Waals surface area contributed by atoms with Crippen molar-refractivity contribution in [1.82, 2.24) is 0 Å². The summed E-state index contributed by atoms with van der Waals surface area (Å²) in [5, 5.41) is 9.47. The molecule has 1 unspecified atom stereocenters. The normalized spacial score (nSPS) is 19.4. The number of amides is 1. The molecule has 0 saturated carbocycles. The Labute approximate surface area is 117 Å². The SMILES string of the molecule is NC1CC(=O)N(c2c(Br)cc(Cl)cc2C(=O)O)C1. The predicted molar refractivity (Wildman–Crippen MR) is 71.1 cm³/mol. The molecule has 1 atom stereocenters. The standard InChI is InChI=1S/C11H10BrClN2O3/c12-8-2-5(13)1-7(11(17)18)10(8)15-4-6(14)3-9(15)16/h1-2,6H,3-4,14H2,(H,17,18). The molecule has 1 aliphatic heterocycles. The Kier molecular flexibility index (Phi) is 3.61. The van der Waals surface area contributed by atoms with Gasteiger partial charge in [-0.3, -0.25) is 4.79 Å². The summed E-state index contributed by atoms with van der Waals surface area (Å²) < 4.78 is 0.467. The van der Waals surface area contributed by atoms with Crippen molar-refractivity contribution in [2.24, 2.45) is 5.73 Å². The molecule has 1 saturated heterocycles. The largest absolute Gasteiger partial charge is 0.478 e. The number of rotatable bonds is 2. The summed E-state index contributed by atoms with van der Waals surface area (Å²) in [4.78, 5) is 24.4. The average molecular weight is 334 g/mol. The van der Waals surface area contributed by atoms with Crippen molar-refractivity contribution in [2.75, 3.05) is 11.4 Å². The van der Waals surface area contributed by atoms with Crippen molar-refractivity contribution < 1.29 is 14.7 Å². The van der Waals surface area contributed by atoms with Crippen LogP contribution in [0.25, 0.3) is 0 Å². The quantitative estimate of drug-likeness (QED) is 0.865. The van der Waals surface area contributed by atoms with Crippen LogP contribution in [0.5, 0.6) is 0 Å². The third-order valence-electron chi connectivity index (χ3n) is 2.68. The van der Waals surface area contributed by atoms with Gasteiger partial charge in [0, 0.05) is 28.5 Å². The zero-order chi connectivity index (χ0) is 13.4. The highest BCUT2D eigenvalue weighted by molar-refractivity contribution is 9.10. The predicted octanol–water partition coefficient (Wildman–Crippen LogP) is 1.86. The lowest BCUT2D eigenvalue weighted by atomic mass is 10.1. The molecular weight excluding hydrogens is 323 g/mol. The number of hydrogen-bond donors (Lipinski definition) is 2. The number of nitrogens with zero attached hydrogens (tertiary/aromatic N) is 1. The van der Waals surface area contributed by atoms with E-state index in [1.54, 1.807) is 6.07 Å².